The van der Waals surface area contributed by atoms with Gasteiger partial charge in [0, 0.05) is 13.2 Å². The third-order valence-corrected chi connectivity index (χ3v) is 3.75. The zero-order valence-electron chi connectivity index (χ0n) is 12.7. The van der Waals surface area contributed by atoms with Crippen molar-refractivity contribution in [3.05, 3.63) is 0 Å². The minimum Gasteiger partial charge on any atom is -0.394 e. The largest absolute Gasteiger partial charge is 0.394 e. The summed E-state index contributed by atoms with van der Waals surface area (Å²) < 4.78 is 10.9. The van der Waals surface area contributed by atoms with Crippen LogP contribution in [0.2, 0.25) is 0 Å². The molecule has 0 aromatic heterocycles. The maximum absolute atomic E-state index is 9.82. The van der Waals surface area contributed by atoms with Crippen LogP contribution in [0.4, 0.5) is 0 Å². The molecule has 0 amide bonds. The summed E-state index contributed by atoms with van der Waals surface area (Å²) in [6.45, 7) is 5.19. The smallest absolute Gasteiger partial charge is 0.0897 e. The van der Waals surface area contributed by atoms with Crippen LogP contribution in [0.25, 0.3) is 0 Å². The summed E-state index contributed by atoms with van der Waals surface area (Å²) in [4.78, 5) is 0. The predicted molar refractivity (Wildman–Crippen MR) is 78.8 cm³/mol. The number of aliphatic hydroxyl groups excluding tert-OH is 2. The van der Waals surface area contributed by atoms with Gasteiger partial charge in [0.05, 0.1) is 32.0 Å². The molecule has 120 valence electrons. The van der Waals surface area contributed by atoms with Crippen molar-refractivity contribution in [2.24, 2.45) is 5.92 Å². The van der Waals surface area contributed by atoms with Crippen molar-refractivity contribution >= 4 is 0 Å². The number of aliphatic hydroxyl groups is 2. The Morgan fingerprint density at radius 3 is 2.65 bits per heavy atom. The highest BCUT2D eigenvalue weighted by molar-refractivity contribution is 4.71. The van der Waals surface area contributed by atoms with Crippen LogP contribution in [0.15, 0.2) is 0 Å². The molecule has 0 spiro atoms. The van der Waals surface area contributed by atoms with Gasteiger partial charge in [-0.25, -0.2) is 0 Å². The second-order valence-corrected chi connectivity index (χ2v) is 5.76. The maximum atomic E-state index is 9.82. The number of ether oxygens (including phenoxy) is 2. The lowest BCUT2D eigenvalue weighted by atomic mass is 9.89. The summed E-state index contributed by atoms with van der Waals surface area (Å²) in [5, 5.41) is 21.5. The molecule has 1 fully saturated rings. The number of rotatable bonds is 11. The molecule has 0 aliphatic heterocycles. The summed E-state index contributed by atoms with van der Waals surface area (Å²) in [7, 11) is 0. The van der Waals surface area contributed by atoms with Gasteiger partial charge >= 0.3 is 0 Å². The lowest BCUT2D eigenvalue weighted by Gasteiger charge is -2.27. The van der Waals surface area contributed by atoms with Crippen molar-refractivity contribution < 1.29 is 19.7 Å². The number of hydrogen-bond acceptors (Lipinski definition) is 5. The van der Waals surface area contributed by atoms with Gasteiger partial charge in [-0.2, -0.15) is 0 Å². The Kier molecular flexibility index (Phi) is 10.2. The van der Waals surface area contributed by atoms with E-state index in [1.165, 1.54) is 12.8 Å². The molecular formula is C15H31NO4. The quantitative estimate of drug-likeness (QED) is 0.494. The molecule has 20 heavy (non-hydrogen) atoms. The lowest BCUT2D eigenvalue weighted by molar-refractivity contribution is -0.0278. The van der Waals surface area contributed by atoms with E-state index in [2.05, 4.69) is 12.2 Å². The molecule has 5 nitrogen and oxygen atoms in total. The molecule has 5 heteroatoms. The van der Waals surface area contributed by atoms with Crippen LogP contribution in [-0.4, -0.2) is 61.9 Å². The van der Waals surface area contributed by atoms with E-state index >= 15 is 0 Å². The average molecular weight is 289 g/mol. The summed E-state index contributed by atoms with van der Waals surface area (Å²) in [5.74, 6) is 0.828. The minimum absolute atomic E-state index is 0.0728. The molecule has 0 saturated heterocycles. The van der Waals surface area contributed by atoms with Crippen molar-refractivity contribution in [3.63, 3.8) is 0 Å². The zero-order valence-corrected chi connectivity index (χ0v) is 12.7. The molecule has 1 rings (SSSR count). The highest BCUT2D eigenvalue weighted by Gasteiger charge is 2.19. The molecule has 3 N–H and O–H groups in total. The van der Waals surface area contributed by atoms with E-state index in [0.29, 0.717) is 32.5 Å². The van der Waals surface area contributed by atoms with E-state index in [1.807, 2.05) is 0 Å². The fourth-order valence-electron chi connectivity index (χ4n) is 2.44. The second kappa shape index (κ2) is 11.5. The first-order valence-electron chi connectivity index (χ1n) is 7.91. The first kappa shape index (κ1) is 17.9. The van der Waals surface area contributed by atoms with Gasteiger partial charge in [0.25, 0.3) is 0 Å². The van der Waals surface area contributed by atoms with Gasteiger partial charge in [-0.05, 0) is 44.6 Å². The minimum atomic E-state index is -0.437. The van der Waals surface area contributed by atoms with Gasteiger partial charge in [-0.3, -0.25) is 0 Å². The molecule has 1 unspecified atom stereocenters. The van der Waals surface area contributed by atoms with Crippen LogP contribution in [0, 0.1) is 5.92 Å². The highest BCUT2D eigenvalue weighted by Crippen LogP contribution is 2.25. The van der Waals surface area contributed by atoms with Gasteiger partial charge in [-0.15, -0.1) is 0 Å². The van der Waals surface area contributed by atoms with E-state index in [-0.39, 0.29) is 6.61 Å². The van der Waals surface area contributed by atoms with E-state index in [0.717, 1.165) is 31.7 Å². The SMILES string of the molecule is CC1CCC(OCC(O)CNCCCOCCO)CC1. The fraction of sp³-hybridized carbons (Fsp3) is 1.00. The average Bonchev–Trinajstić information content (AvgIpc) is 2.46. The fourth-order valence-corrected chi connectivity index (χ4v) is 2.44. The van der Waals surface area contributed by atoms with Crippen LogP contribution in [-0.2, 0) is 9.47 Å². The molecule has 0 aromatic carbocycles. The second-order valence-electron chi connectivity index (χ2n) is 5.76. The Hall–Kier alpha value is -0.200. The topological polar surface area (TPSA) is 71.0 Å². The molecule has 1 atom stereocenters. The Bertz CT molecular complexity index is 220. The lowest BCUT2D eigenvalue weighted by Crippen LogP contribution is -2.33. The molecule has 0 radical (unpaired) electrons. The Morgan fingerprint density at radius 1 is 1.20 bits per heavy atom. The van der Waals surface area contributed by atoms with Gasteiger partial charge < -0.3 is 25.0 Å². The summed E-state index contributed by atoms with van der Waals surface area (Å²) >= 11 is 0. The Balaban J connectivity index is 1.89. The van der Waals surface area contributed by atoms with E-state index < -0.39 is 6.10 Å². The summed E-state index contributed by atoms with van der Waals surface area (Å²) in [5.41, 5.74) is 0. The van der Waals surface area contributed by atoms with Gasteiger partial charge in [0.1, 0.15) is 0 Å². The Labute approximate surface area is 122 Å². The monoisotopic (exact) mass is 289 g/mol. The van der Waals surface area contributed by atoms with Crippen molar-refractivity contribution in [2.75, 3.05) is 39.5 Å². The van der Waals surface area contributed by atoms with Crippen LogP contribution in [0.1, 0.15) is 39.0 Å². The van der Waals surface area contributed by atoms with Crippen LogP contribution in [0.3, 0.4) is 0 Å². The van der Waals surface area contributed by atoms with Gasteiger partial charge in [0.15, 0.2) is 0 Å². The van der Waals surface area contributed by atoms with E-state index in [1.54, 1.807) is 0 Å². The van der Waals surface area contributed by atoms with Gasteiger partial charge in [0.2, 0.25) is 0 Å². The predicted octanol–water partition coefficient (Wildman–Crippen LogP) is 0.931. The third-order valence-electron chi connectivity index (χ3n) is 3.75. The van der Waals surface area contributed by atoms with Crippen LogP contribution < -0.4 is 5.32 Å². The van der Waals surface area contributed by atoms with Crippen LogP contribution >= 0.6 is 0 Å². The van der Waals surface area contributed by atoms with Gasteiger partial charge in [-0.1, -0.05) is 6.92 Å². The third kappa shape index (κ3) is 8.87. The molecule has 1 aliphatic carbocycles. The van der Waals surface area contributed by atoms with Crippen molar-refractivity contribution in [1.82, 2.24) is 5.32 Å². The maximum Gasteiger partial charge on any atom is 0.0897 e. The van der Waals surface area contributed by atoms with Crippen molar-refractivity contribution in [3.8, 4) is 0 Å². The number of hydrogen-bond donors (Lipinski definition) is 3. The van der Waals surface area contributed by atoms with Crippen molar-refractivity contribution in [1.29, 1.82) is 0 Å². The molecule has 0 aromatic rings. The normalized spacial score (nSPS) is 24.8. The molecule has 1 saturated carbocycles. The molecule has 1 aliphatic rings. The Morgan fingerprint density at radius 2 is 1.95 bits per heavy atom. The van der Waals surface area contributed by atoms with E-state index in [9.17, 15) is 5.11 Å². The zero-order chi connectivity index (χ0) is 14.6. The standard InChI is InChI=1S/C15H31NO4/c1-13-3-5-15(6-4-13)20-12-14(18)11-16-7-2-9-19-10-8-17/h13-18H,2-12H2,1H3. The first-order valence-corrected chi connectivity index (χ1v) is 7.91. The highest BCUT2D eigenvalue weighted by atomic mass is 16.5. The molecular weight excluding hydrogens is 258 g/mol. The van der Waals surface area contributed by atoms with Crippen molar-refractivity contribution in [2.45, 2.75) is 51.2 Å². The van der Waals surface area contributed by atoms with Crippen LogP contribution in [0.5, 0.6) is 0 Å². The summed E-state index contributed by atoms with van der Waals surface area (Å²) in [6.07, 6.45) is 5.53. The molecule has 0 bridgehead atoms. The summed E-state index contributed by atoms with van der Waals surface area (Å²) in [6, 6.07) is 0. The first-order chi connectivity index (χ1) is 9.72. The molecule has 0 heterocycles. The number of nitrogens with one attached hydrogen (secondary N) is 1. The van der Waals surface area contributed by atoms with E-state index in [4.69, 9.17) is 14.6 Å².